The lowest BCUT2D eigenvalue weighted by atomic mass is 10.2. The number of carbonyl (C=O) groups excluding carboxylic acids is 1. The van der Waals surface area contributed by atoms with Gasteiger partial charge in [0.15, 0.2) is 9.84 Å². The normalized spacial score (nSPS) is 17.9. The monoisotopic (exact) mass is 264 g/mol. The summed E-state index contributed by atoms with van der Waals surface area (Å²) in [6, 6.07) is 0. The van der Waals surface area contributed by atoms with Crippen LogP contribution in [-0.2, 0) is 24.1 Å². The summed E-state index contributed by atoms with van der Waals surface area (Å²) in [7, 11) is -3.37. The molecular formula is C11H20O5S. The topological polar surface area (TPSA) is 69.7 Å². The van der Waals surface area contributed by atoms with E-state index in [0.717, 1.165) is 12.8 Å². The minimum atomic E-state index is -3.37. The smallest absolute Gasteiger partial charge is 0.321 e. The second kappa shape index (κ2) is 6.96. The lowest BCUT2D eigenvalue weighted by Crippen LogP contribution is -2.33. The van der Waals surface area contributed by atoms with Gasteiger partial charge in [0.2, 0.25) is 0 Å². The lowest BCUT2D eigenvalue weighted by Gasteiger charge is -2.21. The van der Waals surface area contributed by atoms with Crippen molar-refractivity contribution in [3.8, 4) is 0 Å². The van der Waals surface area contributed by atoms with Crippen LogP contribution in [0.15, 0.2) is 0 Å². The summed E-state index contributed by atoms with van der Waals surface area (Å²) in [5.41, 5.74) is 0. The summed E-state index contributed by atoms with van der Waals surface area (Å²) in [4.78, 5) is 11.3. The molecule has 0 spiro atoms. The molecule has 1 aliphatic rings. The van der Waals surface area contributed by atoms with E-state index in [9.17, 15) is 13.2 Å². The molecule has 0 saturated carbocycles. The van der Waals surface area contributed by atoms with Gasteiger partial charge in [0, 0.05) is 13.2 Å². The molecule has 1 saturated heterocycles. The fourth-order valence-corrected chi connectivity index (χ4v) is 3.25. The third-order valence-electron chi connectivity index (χ3n) is 2.76. The molecule has 1 heterocycles. The van der Waals surface area contributed by atoms with Crippen LogP contribution in [0.25, 0.3) is 0 Å². The van der Waals surface area contributed by atoms with Gasteiger partial charge in [-0.15, -0.1) is 0 Å². The average Bonchev–Trinajstić information content (AvgIpc) is 2.30. The first-order valence-electron chi connectivity index (χ1n) is 6.01. The van der Waals surface area contributed by atoms with Gasteiger partial charge < -0.3 is 9.47 Å². The number of sulfone groups is 1. The van der Waals surface area contributed by atoms with Crippen molar-refractivity contribution in [1.82, 2.24) is 0 Å². The van der Waals surface area contributed by atoms with Gasteiger partial charge in [0.1, 0.15) is 5.75 Å². The number of unbranched alkanes of at least 4 members (excludes halogenated alkanes) is 1. The quantitative estimate of drug-likeness (QED) is 0.527. The molecule has 0 unspecified atom stereocenters. The first-order chi connectivity index (χ1) is 8.06. The number of hydrogen-bond donors (Lipinski definition) is 0. The summed E-state index contributed by atoms with van der Waals surface area (Å²) in [5, 5.41) is -0.449. The van der Waals surface area contributed by atoms with Gasteiger partial charge in [0.05, 0.1) is 11.9 Å². The van der Waals surface area contributed by atoms with Crippen LogP contribution in [0.5, 0.6) is 0 Å². The minimum Gasteiger partial charge on any atom is -0.465 e. The van der Waals surface area contributed by atoms with E-state index >= 15 is 0 Å². The van der Waals surface area contributed by atoms with Crippen LogP contribution in [-0.4, -0.2) is 45.2 Å². The van der Waals surface area contributed by atoms with Gasteiger partial charge >= 0.3 is 5.97 Å². The molecule has 0 N–H and O–H groups in total. The number of rotatable bonds is 6. The molecule has 5 nitrogen and oxygen atoms in total. The molecule has 0 aromatic heterocycles. The fourth-order valence-electron chi connectivity index (χ4n) is 1.69. The van der Waals surface area contributed by atoms with Crippen molar-refractivity contribution in [2.24, 2.45) is 0 Å². The van der Waals surface area contributed by atoms with Gasteiger partial charge in [-0.25, -0.2) is 8.42 Å². The summed E-state index contributed by atoms with van der Waals surface area (Å²) >= 11 is 0. The van der Waals surface area contributed by atoms with Crippen molar-refractivity contribution in [2.45, 2.75) is 37.9 Å². The Bertz CT molecular complexity index is 330. The molecule has 0 bridgehead atoms. The molecule has 1 fully saturated rings. The summed E-state index contributed by atoms with van der Waals surface area (Å²) < 4.78 is 33.7. The second-order valence-corrected chi connectivity index (χ2v) is 6.47. The summed E-state index contributed by atoms with van der Waals surface area (Å²) in [6.45, 7) is 3.19. The zero-order chi connectivity index (χ0) is 12.7. The molecular weight excluding hydrogens is 244 g/mol. The molecule has 100 valence electrons. The van der Waals surface area contributed by atoms with Crippen molar-refractivity contribution in [3.63, 3.8) is 0 Å². The first-order valence-corrected chi connectivity index (χ1v) is 7.72. The maximum absolute atomic E-state index is 11.9. The van der Waals surface area contributed by atoms with Gasteiger partial charge in [-0.1, -0.05) is 13.3 Å². The van der Waals surface area contributed by atoms with E-state index in [2.05, 4.69) is 0 Å². The minimum absolute atomic E-state index is 0.304. The highest BCUT2D eigenvalue weighted by atomic mass is 32.2. The van der Waals surface area contributed by atoms with Crippen LogP contribution in [0.1, 0.15) is 32.6 Å². The Labute approximate surface area is 102 Å². The van der Waals surface area contributed by atoms with E-state index in [-0.39, 0.29) is 0 Å². The van der Waals surface area contributed by atoms with Gasteiger partial charge in [-0.05, 0) is 19.3 Å². The van der Waals surface area contributed by atoms with Crippen molar-refractivity contribution in [2.75, 3.05) is 25.6 Å². The standard InChI is InChI=1S/C11H20O5S/c1-2-3-6-16-11(12)9-17(13,14)10-4-7-15-8-5-10/h10H,2-9H2,1H3. The molecule has 1 rings (SSSR count). The Hall–Kier alpha value is -0.620. The molecule has 0 aromatic rings. The van der Waals surface area contributed by atoms with Crippen molar-refractivity contribution < 1.29 is 22.7 Å². The third kappa shape index (κ3) is 5.04. The molecule has 17 heavy (non-hydrogen) atoms. The van der Waals surface area contributed by atoms with Crippen LogP contribution in [0, 0.1) is 0 Å². The molecule has 0 atom stereocenters. The third-order valence-corrected chi connectivity index (χ3v) is 4.88. The maximum Gasteiger partial charge on any atom is 0.321 e. The Morgan fingerprint density at radius 2 is 2.00 bits per heavy atom. The predicted molar refractivity (Wildman–Crippen MR) is 63.5 cm³/mol. The SMILES string of the molecule is CCCCOC(=O)CS(=O)(=O)C1CCOCC1. The van der Waals surface area contributed by atoms with Crippen molar-refractivity contribution in [1.29, 1.82) is 0 Å². The van der Waals surface area contributed by atoms with Crippen molar-refractivity contribution in [3.05, 3.63) is 0 Å². The van der Waals surface area contributed by atoms with Crippen molar-refractivity contribution >= 4 is 15.8 Å². The van der Waals surface area contributed by atoms with Gasteiger partial charge in [0.25, 0.3) is 0 Å². The predicted octanol–water partition coefficient (Wildman–Crippen LogP) is 0.923. The van der Waals surface area contributed by atoms with Crippen LogP contribution in [0.3, 0.4) is 0 Å². The number of hydrogen-bond acceptors (Lipinski definition) is 5. The summed E-state index contributed by atoms with van der Waals surface area (Å²) in [5.74, 6) is -1.13. The van der Waals surface area contributed by atoms with Gasteiger partial charge in [-0.3, -0.25) is 4.79 Å². The Morgan fingerprint density at radius 3 is 2.59 bits per heavy atom. The first kappa shape index (κ1) is 14.4. The Kier molecular flexibility index (Phi) is 5.91. The second-order valence-electron chi connectivity index (χ2n) is 4.19. The van der Waals surface area contributed by atoms with E-state index in [4.69, 9.17) is 9.47 Å². The highest BCUT2D eigenvalue weighted by Gasteiger charge is 2.30. The van der Waals surface area contributed by atoms with Gasteiger partial charge in [-0.2, -0.15) is 0 Å². The molecule has 1 aliphatic heterocycles. The average molecular weight is 264 g/mol. The van der Waals surface area contributed by atoms with E-state index < -0.39 is 26.8 Å². The van der Waals surface area contributed by atoms with E-state index in [1.54, 1.807) is 0 Å². The van der Waals surface area contributed by atoms with E-state index in [1.807, 2.05) is 6.92 Å². The summed E-state index contributed by atoms with van der Waals surface area (Å²) in [6.07, 6.45) is 2.64. The van der Waals surface area contributed by atoms with E-state index in [0.29, 0.717) is 32.7 Å². The largest absolute Gasteiger partial charge is 0.465 e. The molecule has 6 heteroatoms. The van der Waals surface area contributed by atoms with Crippen LogP contribution >= 0.6 is 0 Å². The highest BCUT2D eigenvalue weighted by Crippen LogP contribution is 2.16. The van der Waals surface area contributed by atoms with Crippen LogP contribution in [0.4, 0.5) is 0 Å². The fraction of sp³-hybridized carbons (Fsp3) is 0.909. The lowest BCUT2D eigenvalue weighted by molar-refractivity contribution is -0.140. The Morgan fingerprint density at radius 1 is 1.35 bits per heavy atom. The Balaban J connectivity index is 2.39. The zero-order valence-electron chi connectivity index (χ0n) is 10.2. The molecule has 0 radical (unpaired) electrons. The highest BCUT2D eigenvalue weighted by molar-refractivity contribution is 7.92. The van der Waals surface area contributed by atoms with Crippen LogP contribution in [0.2, 0.25) is 0 Å². The molecule has 0 aliphatic carbocycles. The number of esters is 1. The maximum atomic E-state index is 11.9. The number of ether oxygens (including phenoxy) is 2. The molecule has 0 aromatic carbocycles. The molecule has 0 amide bonds. The van der Waals surface area contributed by atoms with Crippen LogP contribution < -0.4 is 0 Å². The van der Waals surface area contributed by atoms with E-state index in [1.165, 1.54) is 0 Å². The number of carbonyl (C=O) groups is 1. The zero-order valence-corrected chi connectivity index (χ0v) is 11.0.